The van der Waals surface area contributed by atoms with Crippen LogP contribution < -0.4 is 0 Å². The van der Waals surface area contributed by atoms with Crippen molar-refractivity contribution in [2.75, 3.05) is 28.2 Å². The Hall–Kier alpha value is 0.650. The highest BCUT2D eigenvalue weighted by Gasteiger charge is 2.11. The molecule has 0 fully saturated rings. The second kappa shape index (κ2) is 2.28. The molecule has 0 aromatic heterocycles. The van der Waals surface area contributed by atoms with Gasteiger partial charge in [-0.2, -0.15) is 7.81 Å². The van der Waals surface area contributed by atoms with Crippen molar-refractivity contribution in [3.05, 3.63) is 0 Å². The maximum absolute atomic E-state index is 2.33. The Labute approximate surface area is 59.2 Å². The molecule has 0 aliphatic rings. The number of hydrogen-bond acceptors (Lipinski definition) is 1. The Morgan fingerprint density at radius 2 is 1.43 bits per heavy atom. The lowest BCUT2D eigenvalue weighted by Gasteiger charge is -2.25. The minimum Gasteiger partial charge on any atom is -0.194 e. The van der Waals surface area contributed by atoms with E-state index in [1.165, 1.54) is 0 Å². The van der Waals surface area contributed by atoms with Gasteiger partial charge in [-0.15, -0.1) is 0 Å². The Kier molecular flexibility index (Phi) is 2.49. The second-order valence-corrected chi connectivity index (χ2v) is 4.47. The van der Waals surface area contributed by atoms with Crippen LogP contribution in [0.4, 0.5) is 0 Å². The Morgan fingerprint density at radius 3 is 1.43 bits per heavy atom. The van der Waals surface area contributed by atoms with Gasteiger partial charge >= 0.3 is 0 Å². The molecule has 0 N–H and O–H groups in total. The van der Waals surface area contributed by atoms with Gasteiger partial charge in [0.15, 0.2) is 0 Å². The van der Waals surface area contributed by atoms with Crippen molar-refractivity contribution >= 4 is 22.9 Å². The summed E-state index contributed by atoms with van der Waals surface area (Å²) in [6.07, 6.45) is 0. The summed E-state index contributed by atoms with van der Waals surface area (Å²) in [6, 6.07) is 0. The van der Waals surface area contributed by atoms with Gasteiger partial charge in [-0.25, -0.2) is 0 Å². The predicted molar refractivity (Wildman–Crippen MR) is 39.8 cm³/mol. The average molecular weight is 215 g/mol. The zero-order chi connectivity index (χ0) is 6.08. The van der Waals surface area contributed by atoms with E-state index in [1.54, 1.807) is 0 Å². The first-order valence-corrected chi connectivity index (χ1v) is 3.12. The minimum atomic E-state index is 0.859. The third-order valence-corrected chi connectivity index (χ3v) is 1.81. The lowest BCUT2D eigenvalue weighted by molar-refractivity contribution is -0.836. The van der Waals surface area contributed by atoms with Crippen LogP contribution in [0.3, 0.4) is 0 Å². The molecular weight excluding hydrogens is 203 g/mol. The monoisotopic (exact) mass is 215 g/mol. The van der Waals surface area contributed by atoms with E-state index in [1.807, 2.05) is 14.1 Å². The van der Waals surface area contributed by atoms with E-state index in [0.717, 1.165) is 2.81 Å². The maximum Gasteiger partial charge on any atom is 0.271 e. The molecule has 3 heteroatoms. The van der Waals surface area contributed by atoms with E-state index in [0.29, 0.717) is 0 Å². The first-order valence-electron chi connectivity index (χ1n) is 2.16. The average Bonchev–Trinajstić information content (AvgIpc) is 1.31. The topological polar surface area (TPSA) is 3.24 Å². The molecule has 0 amide bonds. The fourth-order valence-electron chi connectivity index (χ4n) is 0. The van der Waals surface area contributed by atoms with Crippen LogP contribution in [0.25, 0.3) is 0 Å². The highest BCUT2D eigenvalue weighted by molar-refractivity contribution is 14.1. The molecule has 0 unspecified atom stereocenters. The maximum atomic E-state index is 2.33. The third-order valence-electron chi connectivity index (χ3n) is 0.951. The summed E-state index contributed by atoms with van der Waals surface area (Å²) in [7, 11) is 8.32. The van der Waals surface area contributed by atoms with Gasteiger partial charge in [-0.1, -0.05) is 0 Å². The van der Waals surface area contributed by atoms with Gasteiger partial charge in [0.05, 0.1) is 14.1 Å². The molecule has 0 aliphatic heterocycles. The first kappa shape index (κ1) is 7.65. The number of quaternary nitrogens is 1. The number of hydrogen-bond donors (Lipinski definition) is 0. The molecule has 0 bridgehead atoms. The van der Waals surface area contributed by atoms with Gasteiger partial charge in [0.25, 0.3) is 22.9 Å². The summed E-state index contributed by atoms with van der Waals surface area (Å²) in [5.41, 5.74) is 0. The van der Waals surface area contributed by atoms with E-state index in [4.69, 9.17) is 0 Å². The van der Waals surface area contributed by atoms with Crippen molar-refractivity contribution in [2.45, 2.75) is 0 Å². The zero-order valence-corrected chi connectivity index (χ0v) is 7.43. The van der Waals surface area contributed by atoms with Crippen LogP contribution in [0, 0.1) is 0 Å². The molecule has 0 heterocycles. The van der Waals surface area contributed by atoms with Crippen molar-refractivity contribution in [1.29, 1.82) is 0 Å². The molecule has 2 nitrogen and oxygen atoms in total. The highest BCUT2D eigenvalue weighted by atomic mass is 127. The van der Waals surface area contributed by atoms with Crippen LogP contribution in [0.5, 0.6) is 0 Å². The number of nitrogens with zero attached hydrogens (tertiary/aromatic N) is 2. The number of rotatable bonds is 1. The smallest absolute Gasteiger partial charge is 0.194 e. The van der Waals surface area contributed by atoms with Gasteiger partial charge in [0, 0.05) is 14.1 Å². The van der Waals surface area contributed by atoms with Crippen molar-refractivity contribution < 1.29 is 2.81 Å². The van der Waals surface area contributed by atoms with Crippen LogP contribution >= 0.6 is 22.9 Å². The molecule has 0 spiro atoms. The molecule has 0 aliphatic carbocycles. The molecule has 0 aromatic carbocycles. The van der Waals surface area contributed by atoms with E-state index < -0.39 is 0 Å². The van der Waals surface area contributed by atoms with Crippen LogP contribution in [-0.2, 0) is 0 Å². The summed E-state index contributed by atoms with van der Waals surface area (Å²) < 4.78 is 0.859. The molecular formula is C4H12IN2+. The summed E-state index contributed by atoms with van der Waals surface area (Å²) >= 11 is 2.33. The van der Waals surface area contributed by atoms with Gasteiger partial charge in [0.2, 0.25) is 0 Å². The first-order chi connectivity index (χ1) is 2.94. The van der Waals surface area contributed by atoms with E-state index in [9.17, 15) is 0 Å². The van der Waals surface area contributed by atoms with Crippen molar-refractivity contribution in [3.63, 3.8) is 0 Å². The van der Waals surface area contributed by atoms with Gasteiger partial charge < -0.3 is 0 Å². The minimum absolute atomic E-state index is 0.859. The Bertz CT molecular complexity index is 55.2. The summed E-state index contributed by atoms with van der Waals surface area (Å²) in [5.74, 6) is 0. The van der Waals surface area contributed by atoms with Gasteiger partial charge in [-0.3, -0.25) is 0 Å². The van der Waals surface area contributed by atoms with Gasteiger partial charge in [-0.05, 0) is 0 Å². The summed E-state index contributed by atoms with van der Waals surface area (Å²) in [4.78, 5) is 0. The molecule has 0 aromatic rings. The summed E-state index contributed by atoms with van der Waals surface area (Å²) in [6.45, 7) is 0. The molecule has 0 atom stereocenters. The normalized spacial score (nSPS) is 12.9. The Morgan fingerprint density at radius 1 is 1.29 bits per heavy atom. The van der Waals surface area contributed by atoms with E-state index in [-0.39, 0.29) is 0 Å². The van der Waals surface area contributed by atoms with Crippen LogP contribution in [0.1, 0.15) is 0 Å². The fraction of sp³-hybridized carbons (Fsp3) is 1.00. The highest BCUT2D eigenvalue weighted by Crippen LogP contribution is 2.06. The molecule has 0 saturated heterocycles. The van der Waals surface area contributed by atoms with Crippen molar-refractivity contribution in [3.8, 4) is 0 Å². The largest absolute Gasteiger partial charge is 0.271 e. The zero-order valence-electron chi connectivity index (χ0n) is 5.27. The summed E-state index contributed by atoms with van der Waals surface area (Å²) in [5, 5.41) is 2.11. The Balaban J connectivity index is 3.54. The second-order valence-electron chi connectivity index (χ2n) is 2.11. The van der Waals surface area contributed by atoms with Crippen molar-refractivity contribution in [1.82, 2.24) is 5.01 Å². The molecule has 44 valence electrons. The standard InChI is InChI=1S/C4H12IN2/c1-6(2)7(3,4)5/h1-4H3/q+1. The van der Waals surface area contributed by atoms with E-state index in [2.05, 4.69) is 42.0 Å². The van der Waals surface area contributed by atoms with Crippen LogP contribution in [0.2, 0.25) is 0 Å². The van der Waals surface area contributed by atoms with Crippen LogP contribution in [-0.4, -0.2) is 36.0 Å². The SMILES string of the molecule is CN(C)[N+](C)(C)I. The number of halogens is 1. The quantitative estimate of drug-likeness (QED) is 0.356. The molecule has 0 saturated carbocycles. The third kappa shape index (κ3) is 3.25. The van der Waals surface area contributed by atoms with Crippen LogP contribution in [0.15, 0.2) is 0 Å². The fourth-order valence-corrected chi connectivity index (χ4v) is 0. The predicted octanol–water partition coefficient (Wildman–Crippen LogP) is 0.889. The lowest BCUT2D eigenvalue weighted by Crippen LogP contribution is -2.40. The van der Waals surface area contributed by atoms with E-state index >= 15 is 0 Å². The lowest BCUT2D eigenvalue weighted by atomic mass is 11.0. The van der Waals surface area contributed by atoms with Crippen molar-refractivity contribution in [2.24, 2.45) is 0 Å². The molecule has 7 heavy (non-hydrogen) atoms. The molecule has 0 rings (SSSR count). The van der Waals surface area contributed by atoms with Gasteiger partial charge in [0.1, 0.15) is 0 Å². The molecule has 0 radical (unpaired) electrons.